The largest absolute Gasteiger partial charge is 0.459 e. The minimum Gasteiger partial charge on any atom is -0.459 e. The maximum absolute atomic E-state index is 12.3. The number of rotatable bonds is 4. The van der Waals surface area contributed by atoms with Gasteiger partial charge in [0.25, 0.3) is 0 Å². The van der Waals surface area contributed by atoms with Gasteiger partial charge in [0.1, 0.15) is 15.5 Å². The third-order valence-corrected chi connectivity index (χ3v) is 5.32. The van der Waals surface area contributed by atoms with E-state index in [0.717, 1.165) is 34.4 Å². The molecule has 124 valence electrons. The number of esters is 1. The molecule has 2 aromatic heterocycles. The summed E-state index contributed by atoms with van der Waals surface area (Å²) in [5.41, 5.74) is 0.854. The van der Waals surface area contributed by atoms with Crippen LogP contribution in [0.4, 0.5) is 5.82 Å². The molecule has 1 aliphatic rings. The van der Waals surface area contributed by atoms with Gasteiger partial charge in [-0.05, 0) is 50.8 Å². The van der Waals surface area contributed by atoms with E-state index >= 15 is 0 Å². The van der Waals surface area contributed by atoms with Gasteiger partial charge in [-0.25, -0.2) is 14.8 Å². The summed E-state index contributed by atoms with van der Waals surface area (Å²) < 4.78 is 5.32. The van der Waals surface area contributed by atoms with Crippen molar-refractivity contribution < 1.29 is 9.53 Å². The second-order valence-corrected chi connectivity index (χ2v) is 7.49. The summed E-state index contributed by atoms with van der Waals surface area (Å²) in [5.74, 6) is 0.410. The summed E-state index contributed by atoms with van der Waals surface area (Å²) >= 11 is 7.37. The van der Waals surface area contributed by atoms with Crippen molar-refractivity contribution in [2.75, 3.05) is 5.32 Å². The summed E-state index contributed by atoms with van der Waals surface area (Å²) in [5, 5.41) is 4.55. The molecule has 1 N–H and O–H groups in total. The van der Waals surface area contributed by atoms with Crippen LogP contribution in [0.25, 0.3) is 10.2 Å². The number of anilines is 1. The standard InChI is InChI=1S/C16H20ClN3O2S/c1-8(2)22-15(21)12-9(3)11-13(18-10-6-4-5-7-10)19-16(17)20-14(11)23-12/h8,10H,4-7H2,1-3H3,(H,18,19,20). The molecule has 2 aromatic rings. The number of fused-ring (bicyclic) bond motifs is 1. The molecule has 0 bridgehead atoms. The number of aromatic nitrogens is 2. The average molecular weight is 354 g/mol. The van der Waals surface area contributed by atoms with E-state index in [-0.39, 0.29) is 17.4 Å². The van der Waals surface area contributed by atoms with Crippen LogP contribution in [0.1, 0.15) is 54.8 Å². The lowest BCUT2D eigenvalue weighted by molar-refractivity contribution is 0.0383. The zero-order valence-electron chi connectivity index (χ0n) is 13.5. The number of hydrogen-bond donors (Lipinski definition) is 1. The van der Waals surface area contributed by atoms with Gasteiger partial charge in [-0.2, -0.15) is 0 Å². The Balaban J connectivity index is 2.02. The van der Waals surface area contributed by atoms with E-state index in [4.69, 9.17) is 16.3 Å². The van der Waals surface area contributed by atoms with Crippen LogP contribution in [0.5, 0.6) is 0 Å². The van der Waals surface area contributed by atoms with Crippen molar-refractivity contribution in [3.8, 4) is 0 Å². The van der Waals surface area contributed by atoms with E-state index in [1.807, 2.05) is 20.8 Å². The molecule has 0 aromatic carbocycles. The molecule has 0 saturated heterocycles. The third-order valence-electron chi connectivity index (χ3n) is 3.99. The molecule has 2 heterocycles. The molecule has 7 heteroatoms. The number of nitrogens with one attached hydrogen (secondary N) is 1. The minimum absolute atomic E-state index is 0.155. The maximum atomic E-state index is 12.3. The number of ether oxygens (including phenoxy) is 1. The lowest BCUT2D eigenvalue weighted by atomic mass is 10.2. The molecule has 0 amide bonds. The molecule has 5 nitrogen and oxygen atoms in total. The molecule has 1 aliphatic carbocycles. The van der Waals surface area contributed by atoms with Gasteiger partial charge in [-0.1, -0.05) is 12.8 Å². The van der Waals surface area contributed by atoms with Gasteiger partial charge < -0.3 is 10.1 Å². The fraction of sp³-hybridized carbons (Fsp3) is 0.562. The molecule has 0 unspecified atom stereocenters. The van der Waals surface area contributed by atoms with E-state index < -0.39 is 0 Å². The van der Waals surface area contributed by atoms with Gasteiger partial charge in [0.2, 0.25) is 5.28 Å². The van der Waals surface area contributed by atoms with E-state index in [1.165, 1.54) is 24.2 Å². The van der Waals surface area contributed by atoms with Gasteiger partial charge in [0.05, 0.1) is 11.5 Å². The zero-order valence-corrected chi connectivity index (χ0v) is 15.1. The fourth-order valence-corrected chi connectivity index (χ4v) is 4.23. The molecule has 0 spiro atoms. The smallest absolute Gasteiger partial charge is 0.348 e. The minimum atomic E-state index is -0.316. The Labute approximate surface area is 144 Å². The van der Waals surface area contributed by atoms with Crippen LogP contribution < -0.4 is 5.32 Å². The van der Waals surface area contributed by atoms with Crippen LogP contribution in [-0.4, -0.2) is 28.1 Å². The van der Waals surface area contributed by atoms with Crippen molar-refractivity contribution in [2.45, 2.75) is 58.6 Å². The molecule has 1 saturated carbocycles. The van der Waals surface area contributed by atoms with Crippen LogP contribution in [0, 0.1) is 6.92 Å². The molecule has 23 heavy (non-hydrogen) atoms. The number of thiophene rings is 1. The van der Waals surface area contributed by atoms with Crippen LogP contribution in [0.2, 0.25) is 5.28 Å². The van der Waals surface area contributed by atoms with Gasteiger partial charge in [-0.3, -0.25) is 0 Å². The summed E-state index contributed by atoms with van der Waals surface area (Å²) in [4.78, 5) is 22.2. The van der Waals surface area contributed by atoms with Gasteiger partial charge in [0, 0.05) is 6.04 Å². The van der Waals surface area contributed by atoms with Crippen LogP contribution in [-0.2, 0) is 4.74 Å². The van der Waals surface area contributed by atoms with Crippen LogP contribution >= 0.6 is 22.9 Å². The highest BCUT2D eigenvalue weighted by atomic mass is 35.5. The Kier molecular flexibility index (Phi) is 4.73. The summed E-state index contributed by atoms with van der Waals surface area (Å²) in [7, 11) is 0. The van der Waals surface area contributed by atoms with Crippen LogP contribution in [0.15, 0.2) is 0 Å². The van der Waals surface area contributed by atoms with Crippen molar-refractivity contribution in [3.05, 3.63) is 15.7 Å². The highest BCUT2D eigenvalue weighted by molar-refractivity contribution is 7.20. The predicted molar refractivity (Wildman–Crippen MR) is 93.6 cm³/mol. The van der Waals surface area contributed by atoms with E-state index in [2.05, 4.69) is 15.3 Å². The van der Waals surface area contributed by atoms with Crippen molar-refractivity contribution in [3.63, 3.8) is 0 Å². The number of aryl methyl sites for hydroxylation is 1. The summed E-state index contributed by atoms with van der Waals surface area (Å²) in [6.07, 6.45) is 4.57. The summed E-state index contributed by atoms with van der Waals surface area (Å²) in [6.45, 7) is 5.58. The number of hydrogen-bond acceptors (Lipinski definition) is 6. The maximum Gasteiger partial charge on any atom is 0.348 e. The van der Waals surface area contributed by atoms with Crippen molar-refractivity contribution in [1.29, 1.82) is 0 Å². The zero-order chi connectivity index (χ0) is 16.6. The summed E-state index contributed by atoms with van der Waals surface area (Å²) in [6, 6.07) is 0.412. The molecule has 3 rings (SSSR count). The number of nitrogens with zero attached hydrogens (tertiary/aromatic N) is 2. The molecule has 0 atom stereocenters. The Bertz CT molecular complexity index is 738. The molecule has 1 fully saturated rings. The molecule has 0 aliphatic heterocycles. The Hall–Kier alpha value is -1.40. The normalized spacial score (nSPS) is 15.5. The molecular weight excluding hydrogens is 334 g/mol. The topological polar surface area (TPSA) is 64.1 Å². The van der Waals surface area contributed by atoms with Gasteiger partial charge in [-0.15, -0.1) is 11.3 Å². The number of carbonyl (C=O) groups is 1. The highest BCUT2D eigenvalue weighted by Gasteiger charge is 2.24. The number of carbonyl (C=O) groups excluding carboxylic acids is 1. The average Bonchev–Trinajstić information content (AvgIpc) is 3.06. The molecule has 0 radical (unpaired) electrons. The Morgan fingerprint density at radius 2 is 2.04 bits per heavy atom. The quantitative estimate of drug-likeness (QED) is 0.644. The third kappa shape index (κ3) is 3.43. The Morgan fingerprint density at radius 1 is 1.35 bits per heavy atom. The van der Waals surface area contributed by atoms with E-state index in [1.54, 1.807) is 0 Å². The lowest BCUT2D eigenvalue weighted by Gasteiger charge is -2.14. The van der Waals surface area contributed by atoms with E-state index in [9.17, 15) is 4.79 Å². The predicted octanol–water partition coefficient (Wildman–Crippen LogP) is 4.57. The first-order valence-electron chi connectivity index (χ1n) is 7.90. The van der Waals surface area contributed by atoms with Crippen molar-refractivity contribution >= 4 is 44.9 Å². The van der Waals surface area contributed by atoms with Gasteiger partial charge in [0.15, 0.2) is 0 Å². The fourth-order valence-electron chi connectivity index (χ4n) is 2.94. The second kappa shape index (κ2) is 6.61. The SMILES string of the molecule is Cc1c(C(=O)OC(C)C)sc2nc(Cl)nc(NC3CCCC3)c12. The van der Waals surface area contributed by atoms with Crippen molar-refractivity contribution in [1.82, 2.24) is 9.97 Å². The number of halogens is 1. The monoisotopic (exact) mass is 353 g/mol. The van der Waals surface area contributed by atoms with Crippen molar-refractivity contribution in [2.24, 2.45) is 0 Å². The first kappa shape index (κ1) is 16.5. The van der Waals surface area contributed by atoms with Gasteiger partial charge >= 0.3 is 5.97 Å². The van der Waals surface area contributed by atoms with E-state index in [0.29, 0.717) is 10.9 Å². The second-order valence-electron chi connectivity index (χ2n) is 6.16. The Morgan fingerprint density at radius 3 is 2.70 bits per heavy atom. The first-order chi connectivity index (χ1) is 11.0. The lowest BCUT2D eigenvalue weighted by Crippen LogP contribution is -2.16. The highest BCUT2D eigenvalue weighted by Crippen LogP contribution is 2.36. The van der Waals surface area contributed by atoms with Crippen LogP contribution in [0.3, 0.4) is 0 Å². The first-order valence-corrected chi connectivity index (χ1v) is 9.09. The molecular formula is C16H20ClN3O2S.